The van der Waals surface area contributed by atoms with E-state index in [1.54, 1.807) is 5.57 Å². The SMILES string of the molecule is CCCCCCCCC1CCC2C3CC=C4C[C@@H](OC(=O)OCCC(C)C)CC[C@]4(C)C3CC[C@]12C. The number of hydrogen-bond donors (Lipinski definition) is 0. The van der Waals surface area contributed by atoms with Gasteiger partial charge in [-0.15, -0.1) is 0 Å². The van der Waals surface area contributed by atoms with Crippen molar-refractivity contribution in [3.8, 4) is 0 Å². The first-order valence-electron chi connectivity index (χ1n) is 15.8. The third kappa shape index (κ3) is 6.01. The molecule has 0 bridgehead atoms. The molecule has 0 saturated heterocycles. The highest BCUT2D eigenvalue weighted by Gasteiger charge is 2.58. The van der Waals surface area contributed by atoms with Gasteiger partial charge in [-0.05, 0) is 98.2 Å². The summed E-state index contributed by atoms with van der Waals surface area (Å²) in [6.45, 7) is 12.3. The van der Waals surface area contributed by atoms with Gasteiger partial charge in [0, 0.05) is 6.42 Å². The van der Waals surface area contributed by atoms with Crippen molar-refractivity contribution in [2.45, 2.75) is 143 Å². The first-order chi connectivity index (χ1) is 17.3. The third-order valence-electron chi connectivity index (χ3n) is 11.3. The average Bonchev–Trinajstić information content (AvgIpc) is 3.17. The van der Waals surface area contributed by atoms with Crippen LogP contribution in [-0.2, 0) is 9.47 Å². The van der Waals surface area contributed by atoms with Crippen LogP contribution in [0.15, 0.2) is 11.6 Å². The molecule has 0 heterocycles. The van der Waals surface area contributed by atoms with Crippen molar-refractivity contribution >= 4 is 6.16 Å². The van der Waals surface area contributed by atoms with Gasteiger partial charge in [-0.25, -0.2) is 4.79 Å². The van der Waals surface area contributed by atoms with Crippen LogP contribution in [0.3, 0.4) is 0 Å². The lowest BCUT2D eigenvalue weighted by atomic mass is 9.47. The molecule has 4 rings (SSSR count). The van der Waals surface area contributed by atoms with Crippen LogP contribution >= 0.6 is 0 Å². The Balaban J connectivity index is 1.32. The van der Waals surface area contributed by atoms with E-state index in [0.29, 0.717) is 23.4 Å². The van der Waals surface area contributed by atoms with Crippen LogP contribution in [0.4, 0.5) is 4.79 Å². The summed E-state index contributed by atoms with van der Waals surface area (Å²) >= 11 is 0. The van der Waals surface area contributed by atoms with Crippen molar-refractivity contribution < 1.29 is 14.3 Å². The summed E-state index contributed by atoms with van der Waals surface area (Å²) in [4.78, 5) is 12.2. The fourth-order valence-electron chi connectivity index (χ4n) is 9.03. The molecule has 3 heteroatoms. The molecule has 4 aliphatic carbocycles. The van der Waals surface area contributed by atoms with Gasteiger partial charge in [-0.2, -0.15) is 0 Å². The van der Waals surface area contributed by atoms with E-state index in [9.17, 15) is 4.79 Å². The van der Waals surface area contributed by atoms with E-state index in [0.717, 1.165) is 49.4 Å². The van der Waals surface area contributed by atoms with Gasteiger partial charge in [0.25, 0.3) is 0 Å². The number of rotatable bonds is 11. The van der Waals surface area contributed by atoms with Crippen LogP contribution in [-0.4, -0.2) is 18.9 Å². The Kier molecular flexibility index (Phi) is 9.54. The minimum Gasteiger partial charge on any atom is -0.434 e. The number of ether oxygens (including phenoxy) is 2. The lowest BCUT2D eigenvalue weighted by molar-refractivity contribution is -0.0564. The number of hydrogen-bond acceptors (Lipinski definition) is 3. The van der Waals surface area contributed by atoms with E-state index >= 15 is 0 Å². The fourth-order valence-corrected chi connectivity index (χ4v) is 9.03. The summed E-state index contributed by atoms with van der Waals surface area (Å²) in [5.74, 6) is 4.10. The topological polar surface area (TPSA) is 35.5 Å². The molecule has 0 N–H and O–H groups in total. The minimum absolute atomic E-state index is 0.00512. The number of carbonyl (C=O) groups excluding carboxylic acids is 1. The molecule has 206 valence electrons. The lowest BCUT2D eigenvalue weighted by Gasteiger charge is -2.58. The molecule has 3 fully saturated rings. The van der Waals surface area contributed by atoms with Gasteiger partial charge in [0.05, 0.1) is 6.61 Å². The molecule has 0 aromatic rings. The predicted molar refractivity (Wildman–Crippen MR) is 149 cm³/mol. The maximum absolute atomic E-state index is 12.2. The summed E-state index contributed by atoms with van der Waals surface area (Å²) in [7, 11) is 0. The summed E-state index contributed by atoms with van der Waals surface area (Å²) in [6, 6.07) is 0. The Morgan fingerprint density at radius 3 is 2.56 bits per heavy atom. The zero-order valence-electron chi connectivity index (χ0n) is 24.3. The highest BCUT2D eigenvalue weighted by Crippen LogP contribution is 2.66. The van der Waals surface area contributed by atoms with Gasteiger partial charge in [-0.3, -0.25) is 0 Å². The normalized spacial score (nSPS) is 37.6. The van der Waals surface area contributed by atoms with Crippen LogP contribution < -0.4 is 0 Å². The van der Waals surface area contributed by atoms with E-state index < -0.39 is 6.16 Å². The predicted octanol–water partition coefficient (Wildman–Crippen LogP) is 9.88. The molecule has 36 heavy (non-hydrogen) atoms. The maximum atomic E-state index is 12.2. The van der Waals surface area contributed by atoms with Gasteiger partial charge in [0.1, 0.15) is 6.10 Å². The van der Waals surface area contributed by atoms with Crippen LogP contribution in [0, 0.1) is 40.4 Å². The smallest absolute Gasteiger partial charge is 0.434 e. The van der Waals surface area contributed by atoms with Crippen molar-refractivity contribution in [3.63, 3.8) is 0 Å². The molecule has 0 spiro atoms. The van der Waals surface area contributed by atoms with Gasteiger partial charge >= 0.3 is 6.16 Å². The fraction of sp³-hybridized carbons (Fsp3) is 0.909. The quantitative estimate of drug-likeness (QED) is 0.161. The minimum atomic E-state index is -0.464. The summed E-state index contributed by atoms with van der Waals surface area (Å²) < 4.78 is 11.1. The van der Waals surface area contributed by atoms with Crippen LogP contribution in [0.25, 0.3) is 0 Å². The Labute approximate surface area is 222 Å². The Morgan fingerprint density at radius 1 is 1.00 bits per heavy atom. The second-order valence-corrected chi connectivity index (χ2v) is 13.9. The first-order valence-corrected chi connectivity index (χ1v) is 15.8. The third-order valence-corrected chi connectivity index (χ3v) is 11.3. The van der Waals surface area contributed by atoms with Gasteiger partial charge in [0.2, 0.25) is 0 Å². The highest BCUT2D eigenvalue weighted by atomic mass is 16.7. The summed E-state index contributed by atoms with van der Waals surface area (Å²) in [5.41, 5.74) is 2.47. The lowest BCUT2D eigenvalue weighted by Crippen LogP contribution is -2.50. The van der Waals surface area contributed by atoms with E-state index in [2.05, 4.69) is 40.7 Å². The molecule has 4 aliphatic rings. The Bertz CT molecular complexity index is 756. The van der Waals surface area contributed by atoms with Crippen molar-refractivity contribution in [1.82, 2.24) is 0 Å². The second kappa shape index (κ2) is 12.2. The second-order valence-electron chi connectivity index (χ2n) is 13.9. The van der Waals surface area contributed by atoms with Crippen LogP contribution in [0.5, 0.6) is 0 Å². The largest absolute Gasteiger partial charge is 0.508 e. The van der Waals surface area contributed by atoms with Gasteiger partial charge in [0.15, 0.2) is 0 Å². The monoisotopic (exact) mass is 500 g/mol. The molecular formula is C33H56O3. The van der Waals surface area contributed by atoms with Crippen molar-refractivity contribution in [2.24, 2.45) is 40.4 Å². The molecular weight excluding hydrogens is 444 g/mol. The standard InChI is InChI=1S/C33H56O3/c1-6-7-8-9-10-11-12-25-14-16-29-28-15-13-26-23-27(36-31(34)35-22-19-24(2)3)17-20-33(26,5)30(28)18-21-32(25,29)4/h13,24-25,27-30H,6-12,14-23H2,1-5H3/t25?,27-,28?,29?,30?,32+,33-/m0/s1. The average molecular weight is 501 g/mol. The van der Waals surface area contributed by atoms with Crippen molar-refractivity contribution in [3.05, 3.63) is 11.6 Å². The van der Waals surface area contributed by atoms with Gasteiger partial charge < -0.3 is 9.47 Å². The maximum Gasteiger partial charge on any atom is 0.508 e. The Morgan fingerprint density at radius 2 is 1.78 bits per heavy atom. The zero-order valence-corrected chi connectivity index (χ0v) is 24.3. The number of carbonyl (C=O) groups is 1. The number of unbranched alkanes of at least 4 members (excludes halogenated alkanes) is 5. The van der Waals surface area contributed by atoms with Crippen molar-refractivity contribution in [2.75, 3.05) is 6.61 Å². The van der Waals surface area contributed by atoms with E-state index in [4.69, 9.17) is 9.47 Å². The van der Waals surface area contributed by atoms with Crippen LogP contribution in [0.2, 0.25) is 0 Å². The van der Waals surface area contributed by atoms with Gasteiger partial charge in [-0.1, -0.05) is 84.8 Å². The molecule has 4 unspecified atom stereocenters. The molecule has 0 radical (unpaired) electrons. The number of fused-ring (bicyclic) bond motifs is 5. The first kappa shape index (κ1) is 28.0. The molecule has 7 atom stereocenters. The molecule has 0 aliphatic heterocycles. The van der Waals surface area contributed by atoms with Crippen molar-refractivity contribution in [1.29, 1.82) is 0 Å². The molecule has 0 aromatic heterocycles. The Hall–Kier alpha value is -0.990. The summed E-state index contributed by atoms with van der Waals surface area (Å²) in [6.07, 6.45) is 23.1. The van der Waals surface area contributed by atoms with E-state index in [1.165, 1.54) is 77.0 Å². The van der Waals surface area contributed by atoms with E-state index in [-0.39, 0.29) is 6.10 Å². The van der Waals surface area contributed by atoms with E-state index in [1.807, 2.05) is 0 Å². The molecule has 3 saturated carbocycles. The highest BCUT2D eigenvalue weighted by molar-refractivity contribution is 5.60. The zero-order chi connectivity index (χ0) is 25.8. The molecule has 3 nitrogen and oxygen atoms in total. The summed E-state index contributed by atoms with van der Waals surface area (Å²) in [5, 5.41) is 0. The van der Waals surface area contributed by atoms with Crippen LogP contribution in [0.1, 0.15) is 137 Å². The molecule has 0 aromatic carbocycles. The number of allylic oxidation sites excluding steroid dienone is 1. The molecule has 0 amide bonds.